The van der Waals surface area contributed by atoms with Crippen LogP contribution < -0.4 is 5.73 Å². The van der Waals surface area contributed by atoms with Crippen molar-refractivity contribution in [1.29, 1.82) is 0 Å². The fourth-order valence-electron chi connectivity index (χ4n) is 3.22. The zero-order chi connectivity index (χ0) is 14.4. The average Bonchev–Trinajstić information content (AvgIpc) is 2.95. The molecule has 2 atom stereocenters. The molecule has 110 valence electrons. The molecule has 4 heteroatoms. The molecule has 0 bridgehead atoms. The highest BCUT2D eigenvalue weighted by Crippen LogP contribution is 2.29. The molecule has 1 aliphatic rings. The van der Waals surface area contributed by atoms with Gasteiger partial charge in [-0.1, -0.05) is 12.5 Å². The standard InChI is InChI=1S/C16H25N3O/c1-2-19(15-8-5-6-13(15)12-17)16(20)10-9-14-7-3-4-11-18-14/h3-4,7,11,13,15H,2,5-6,8-10,12,17H2,1H3. The molecular formula is C16H25N3O. The van der Waals surface area contributed by atoms with Gasteiger partial charge in [0.05, 0.1) is 0 Å². The van der Waals surface area contributed by atoms with Crippen LogP contribution in [0.2, 0.25) is 0 Å². The molecule has 20 heavy (non-hydrogen) atoms. The van der Waals surface area contributed by atoms with Crippen molar-refractivity contribution in [2.75, 3.05) is 13.1 Å². The van der Waals surface area contributed by atoms with E-state index in [0.717, 1.165) is 31.5 Å². The Morgan fingerprint density at radius 3 is 2.95 bits per heavy atom. The summed E-state index contributed by atoms with van der Waals surface area (Å²) in [5, 5.41) is 0. The van der Waals surface area contributed by atoms with Crippen LogP contribution in [0.5, 0.6) is 0 Å². The fourth-order valence-corrected chi connectivity index (χ4v) is 3.22. The summed E-state index contributed by atoms with van der Waals surface area (Å²) in [5.41, 5.74) is 6.82. The zero-order valence-corrected chi connectivity index (χ0v) is 12.3. The minimum Gasteiger partial charge on any atom is -0.340 e. The van der Waals surface area contributed by atoms with Crippen LogP contribution in [0, 0.1) is 5.92 Å². The first-order valence-corrected chi connectivity index (χ1v) is 7.65. The number of aryl methyl sites for hydroxylation is 1. The van der Waals surface area contributed by atoms with Gasteiger partial charge in [0, 0.05) is 30.9 Å². The van der Waals surface area contributed by atoms with E-state index in [4.69, 9.17) is 5.73 Å². The zero-order valence-electron chi connectivity index (χ0n) is 12.3. The Labute approximate surface area is 121 Å². The van der Waals surface area contributed by atoms with E-state index in [1.807, 2.05) is 23.1 Å². The van der Waals surface area contributed by atoms with E-state index >= 15 is 0 Å². The van der Waals surface area contributed by atoms with Crippen molar-refractivity contribution in [2.45, 2.75) is 45.1 Å². The Balaban J connectivity index is 1.92. The molecule has 1 aromatic heterocycles. The SMILES string of the molecule is CCN(C(=O)CCc1ccccn1)C1CCCC1CN. The summed E-state index contributed by atoms with van der Waals surface area (Å²) in [4.78, 5) is 18.8. The highest BCUT2D eigenvalue weighted by atomic mass is 16.2. The minimum atomic E-state index is 0.239. The van der Waals surface area contributed by atoms with Gasteiger partial charge in [-0.05, 0) is 50.8 Å². The van der Waals surface area contributed by atoms with Crippen molar-refractivity contribution < 1.29 is 4.79 Å². The third-order valence-electron chi connectivity index (χ3n) is 4.30. The molecule has 0 radical (unpaired) electrons. The summed E-state index contributed by atoms with van der Waals surface area (Å²) < 4.78 is 0. The van der Waals surface area contributed by atoms with Gasteiger partial charge in [0.1, 0.15) is 0 Å². The molecule has 0 saturated heterocycles. The second-order valence-corrected chi connectivity index (χ2v) is 5.49. The first-order chi connectivity index (χ1) is 9.76. The van der Waals surface area contributed by atoms with E-state index in [2.05, 4.69) is 11.9 Å². The number of nitrogens with zero attached hydrogens (tertiary/aromatic N) is 2. The number of carbonyl (C=O) groups is 1. The topological polar surface area (TPSA) is 59.2 Å². The van der Waals surface area contributed by atoms with Gasteiger partial charge in [0.15, 0.2) is 0 Å². The maximum absolute atomic E-state index is 12.5. The van der Waals surface area contributed by atoms with Gasteiger partial charge < -0.3 is 10.6 Å². The highest BCUT2D eigenvalue weighted by Gasteiger charge is 2.32. The smallest absolute Gasteiger partial charge is 0.223 e. The number of pyridine rings is 1. The lowest BCUT2D eigenvalue weighted by molar-refractivity contribution is -0.134. The van der Waals surface area contributed by atoms with E-state index in [-0.39, 0.29) is 5.91 Å². The summed E-state index contributed by atoms with van der Waals surface area (Å²) in [6, 6.07) is 6.18. The molecule has 4 nitrogen and oxygen atoms in total. The molecule has 1 heterocycles. The lowest BCUT2D eigenvalue weighted by Crippen LogP contribution is -2.44. The quantitative estimate of drug-likeness (QED) is 0.863. The first kappa shape index (κ1) is 15.0. The number of hydrogen-bond acceptors (Lipinski definition) is 3. The van der Waals surface area contributed by atoms with E-state index in [9.17, 15) is 4.79 Å². The second-order valence-electron chi connectivity index (χ2n) is 5.49. The van der Waals surface area contributed by atoms with Gasteiger partial charge in [-0.25, -0.2) is 0 Å². The van der Waals surface area contributed by atoms with Gasteiger partial charge in [-0.3, -0.25) is 9.78 Å². The molecule has 1 aromatic rings. The Hall–Kier alpha value is -1.42. The number of rotatable bonds is 6. The summed E-state index contributed by atoms with van der Waals surface area (Å²) in [7, 11) is 0. The number of aromatic nitrogens is 1. The Morgan fingerprint density at radius 1 is 1.45 bits per heavy atom. The fraction of sp³-hybridized carbons (Fsp3) is 0.625. The Bertz CT molecular complexity index is 421. The third kappa shape index (κ3) is 3.57. The summed E-state index contributed by atoms with van der Waals surface area (Å²) in [6.07, 6.45) is 6.49. The van der Waals surface area contributed by atoms with Gasteiger partial charge in [0.2, 0.25) is 5.91 Å². The van der Waals surface area contributed by atoms with Crippen LogP contribution >= 0.6 is 0 Å². The van der Waals surface area contributed by atoms with Gasteiger partial charge in [-0.15, -0.1) is 0 Å². The highest BCUT2D eigenvalue weighted by molar-refractivity contribution is 5.76. The normalized spacial score (nSPS) is 21.9. The molecule has 1 amide bonds. The van der Waals surface area contributed by atoms with Crippen LogP contribution in [-0.2, 0) is 11.2 Å². The molecule has 2 N–H and O–H groups in total. The monoisotopic (exact) mass is 275 g/mol. The van der Waals surface area contributed by atoms with Crippen LogP contribution in [-0.4, -0.2) is 34.9 Å². The molecular weight excluding hydrogens is 250 g/mol. The average molecular weight is 275 g/mol. The van der Waals surface area contributed by atoms with Gasteiger partial charge in [-0.2, -0.15) is 0 Å². The molecule has 0 aliphatic heterocycles. The van der Waals surface area contributed by atoms with Gasteiger partial charge >= 0.3 is 0 Å². The van der Waals surface area contributed by atoms with E-state index in [1.54, 1.807) is 6.20 Å². The molecule has 0 aromatic carbocycles. The number of hydrogen-bond donors (Lipinski definition) is 1. The van der Waals surface area contributed by atoms with Crippen molar-refractivity contribution in [2.24, 2.45) is 11.7 Å². The Kier molecular flexibility index (Phi) is 5.53. The predicted molar refractivity (Wildman–Crippen MR) is 80.1 cm³/mol. The molecule has 1 fully saturated rings. The maximum Gasteiger partial charge on any atom is 0.223 e. The largest absolute Gasteiger partial charge is 0.340 e. The number of nitrogens with two attached hydrogens (primary N) is 1. The molecule has 1 saturated carbocycles. The lowest BCUT2D eigenvalue weighted by atomic mass is 10.0. The van der Waals surface area contributed by atoms with Crippen LogP contribution in [0.3, 0.4) is 0 Å². The molecule has 0 spiro atoms. The maximum atomic E-state index is 12.5. The van der Waals surface area contributed by atoms with Crippen LogP contribution in [0.25, 0.3) is 0 Å². The van der Waals surface area contributed by atoms with Crippen molar-refractivity contribution in [3.63, 3.8) is 0 Å². The second kappa shape index (κ2) is 7.39. The van der Waals surface area contributed by atoms with Gasteiger partial charge in [0.25, 0.3) is 0 Å². The number of carbonyl (C=O) groups excluding carboxylic acids is 1. The minimum absolute atomic E-state index is 0.239. The first-order valence-electron chi connectivity index (χ1n) is 7.65. The van der Waals surface area contributed by atoms with Crippen LogP contribution in [0.4, 0.5) is 0 Å². The predicted octanol–water partition coefficient (Wildman–Crippen LogP) is 1.99. The molecule has 2 unspecified atom stereocenters. The lowest BCUT2D eigenvalue weighted by Gasteiger charge is -2.32. The number of amides is 1. The van der Waals surface area contributed by atoms with Crippen molar-refractivity contribution in [3.8, 4) is 0 Å². The molecule has 1 aliphatic carbocycles. The van der Waals surface area contributed by atoms with Crippen LogP contribution in [0.1, 0.15) is 38.3 Å². The summed E-state index contributed by atoms with van der Waals surface area (Å²) >= 11 is 0. The van der Waals surface area contributed by atoms with E-state index < -0.39 is 0 Å². The van der Waals surface area contributed by atoms with Crippen molar-refractivity contribution in [3.05, 3.63) is 30.1 Å². The third-order valence-corrected chi connectivity index (χ3v) is 4.30. The summed E-state index contributed by atoms with van der Waals surface area (Å²) in [5.74, 6) is 0.720. The Morgan fingerprint density at radius 2 is 2.30 bits per heavy atom. The van der Waals surface area contributed by atoms with E-state index in [1.165, 1.54) is 6.42 Å². The van der Waals surface area contributed by atoms with E-state index in [0.29, 0.717) is 24.9 Å². The van der Waals surface area contributed by atoms with Crippen molar-refractivity contribution in [1.82, 2.24) is 9.88 Å². The molecule has 2 rings (SSSR count). The van der Waals surface area contributed by atoms with Crippen molar-refractivity contribution >= 4 is 5.91 Å². The summed E-state index contributed by atoms with van der Waals surface area (Å²) in [6.45, 7) is 3.53. The van der Waals surface area contributed by atoms with Crippen LogP contribution in [0.15, 0.2) is 24.4 Å².